The van der Waals surface area contributed by atoms with Crippen LogP contribution in [0.5, 0.6) is 0 Å². The molecule has 1 atom stereocenters. The molecule has 1 aliphatic heterocycles. The van der Waals surface area contributed by atoms with Gasteiger partial charge < -0.3 is 4.74 Å². The molecule has 0 amide bonds. The summed E-state index contributed by atoms with van der Waals surface area (Å²) in [4.78, 5) is 0. The molecule has 62 valence electrons. The summed E-state index contributed by atoms with van der Waals surface area (Å²) >= 11 is 0. The molecule has 1 aliphatic rings. The Kier molecular flexibility index (Phi) is 1.96. The van der Waals surface area contributed by atoms with Gasteiger partial charge in [-0.25, -0.2) is 0 Å². The predicted octanol–water partition coefficient (Wildman–Crippen LogP) is 2.70. The molecule has 1 heteroatoms. The van der Waals surface area contributed by atoms with Gasteiger partial charge in [0, 0.05) is 6.42 Å². The third-order valence-electron chi connectivity index (χ3n) is 2.13. The summed E-state index contributed by atoms with van der Waals surface area (Å²) in [6.07, 6.45) is 1.22. The average molecular weight is 160 g/mol. The summed E-state index contributed by atoms with van der Waals surface area (Å²) in [6, 6.07) is 10.3. The number of benzene rings is 1. The van der Waals surface area contributed by atoms with Crippen LogP contribution < -0.4 is 0 Å². The second-order valence-corrected chi connectivity index (χ2v) is 3.16. The Balaban J connectivity index is 2.16. The Hall–Kier alpha value is -1.08. The Morgan fingerprint density at radius 2 is 2.00 bits per heavy atom. The third kappa shape index (κ3) is 1.41. The van der Waals surface area contributed by atoms with Crippen LogP contribution in [-0.2, 0) is 4.74 Å². The quantitative estimate of drug-likeness (QED) is 0.574. The normalized spacial score (nSPS) is 23.0. The van der Waals surface area contributed by atoms with Crippen LogP contribution in [0.2, 0.25) is 0 Å². The number of hydrogen-bond donors (Lipinski definition) is 0. The van der Waals surface area contributed by atoms with E-state index in [2.05, 4.69) is 18.7 Å². The molecule has 2 rings (SSSR count). The van der Waals surface area contributed by atoms with E-state index in [1.54, 1.807) is 0 Å². The first kappa shape index (κ1) is 7.56. The summed E-state index contributed by atoms with van der Waals surface area (Å²) in [5, 5.41) is 0. The second-order valence-electron chi connectivity index (χ2n) is 3.16. The summed E-state index contributed by atoms with van der Waals surface area (Å²) in [5.74, 6) is 0. The lowest BCUT2D eigenvalue weighted by Gasteiger charge is -2.07. The molecule has 1 aromatic carbocycles. The fraction of sp³-hybridized carbons (Fsp3) is 0.273. The van der Waals surface area contributed by atoms with E-state index in [9.17, 15) is 0 Å². The van der Waals surface area contributed by atoms with Gasteiger partial charge in [0.1, 0.15) is 0 Å². The van der Waals surface area contributed by atoms with Crippen molar-refractivity contribution >= 4 is 0 Å². The first-order valence-corrected chi connectivity index (χ1v) is 4.19. The minimum Gasteiger partial charge on any atom is -0.369 e. The van der Waals surface area contributed by atoms with Crippen LogP contribution in [-0.4, -0.2) is 6.61 Å². The lowest BCUT2D eigenvalue weighted by Crippen LogP contribution is -1.93. The summed E-state index contributed by atoms with van der Waals surface area (Å²) in [6.45, 7) is 4.63. The van der Waals surface area contributed by atoms with Gasteiger partial charge in [0.15, 0.2) is 0 Å². The molecule has 0 N–H and O–H groups in total. The summed E-state index contributed by atoms with van der Waals surface area (Å²) < 4.78 is 5.55. The molecule has 0 bridgehead atoms. The maximum absolute atomic E-state index is 5.55. The van der Waals surface area contributed by atoms with Gasteiger partial charge in [0.05, 0.1) is 12.7 Å². The highest BCUT2D eigenvalue weighted by Gasteiger charge is 2.19. The number of ether oxygens (including phenoxy) is 1. The standard InChI is InChI=1S/C11H12O/c1-9-7-11(12-8-9)10-5-3-2-4-6-10/h2-6,11H,1,7-8H2/t11-/m1/s1. The molecule has 1 aromatic rings. The van der Waals surface area contributed by atoms with E-state index in [4.69, 9.17) is 4.74 Å². The maximum atomic E-state index is 5.55. The van der Waals surface area contributed by atoms with Crippen LogP contribution in [0.3, 0.4) is 0 Å². The largest absolute Gasteiger partial charge is 0.369 e. The zero-order valence-electron chi connectivity index (χ0n) is 6.99. The Bertz CT molecular complexity index is 276. The highest BCUT2D eigenvalue weighted by Crippen LogP contribution is 2.30. The Morgan fingerprint density at radius 3 is 2.58 bits per heavy atom. The van der Waals surface area contributed by atoms with Gasteiger partial charge in [-0.2, -0.15) is 0 Å². The predicted molar refractivity (Wildman–Crippen MR) is 48.9 cm³/mol. The van der Waals surface area contributed by atoms with Gasteiger partial charge in [-0.05, 0) is 11.1 Å². The van der Waals surface area contributed by atoms with Crippen molar-refractivity contribution in [3.05, 3.63) is 48.0 Å². The van der Waals surface area contributed by atoms with Crippen molar-refractivity contribution in [2.24, 2.45) is 0 Å². The molecule has 1 nitrogen and oxygen atoms in total. The third-order valence-corrected chi connectivity index (χ3v) is 2.13. The van der Waals surface area contributed by atoms with Crippen molar-refractivity contribution in [2.75, 3.05) is 6.61 Å². The molecule has 0 aliphatic carbocycles. The highest BCUT2D eigenvalue weighted by molar-refractivity contribution is 5.21. The average Bonchev–Trinajstić information content (AvgIpc) is 2.54. The van der Waals surface area contributed by atoms with E-state index >= 15 is 0 Å². The van der Waals surface area contributed by atoms with Crippen molar-refractivity contribution in [3.63, 3.8) is 0 Å². The molecule has 0 aromatic heterocycles. The van der Waals surface area contributed by atoms with Gasteiger partial charge in [0.25, 0.3) is 0 Å². The van der Waals surface area contributed by atoms with Crippen molar-refractivity contribution in [1.82, 2.24) is 0 Å². The maximum Gasteiger partial charge on any atom is 0.0867 e. The van der Waals surface area contributed by atoms with E-state index in [-0.39, 0.29) is 6.10 Å². The topological polar surface area (TPSA) is 9.23 Å². The van der Waals surface area contributed by atoms with Gasteiger partial charge in [-0.1, -0.05) is 36.9 Å². The van der Waals surface area contributed by atoms with E-state index in [0.29, 0.717) is 0 Å². The summed E-state index contributed by atoms with van der Waals surface area (Å²) in [5.41, 5.74) is 2.46. The monoisotopic (exact) mass is 160 g/mol. The van der Waals surface area contributed by atoms with Crippen LogP contribution >= 0.6 is 0 Å². The minimum atomic E-state index is 0.249. The first-order valence-electron chi connectivity index (χ1n) is 4.19. The number of hydrogen-bond acceptors (Lipinski definition) is 1. The Labute approximate surface area is 72.7 Å². The summed E-state index contributed by atoms with van der Waals surface area (Å²) in [7, 11) is 0. The molecule has 0 saturated carbocycles. The smallest absolute Gasteiger partial charge is 0.0867 e. The molecule has 0 unspecified atom stereocenters. The van der Waals surface area contributed by atoms with Crippen LogP contribution in [0.1, 0.15) is 18.1 Å². The molecule has 0 radical (unpaired) electrons. The van der Waals surface area contributed by atoms with E-state index in [1.165, 1.54) is 11.1 Å². The SMILES string of the molecule is C=C1CO[C@@H](c2ccccc2)C1. The van der Waals surface area contributed by atoms with Crippen LogP contribution in [0, 0.1) is 0 Å². The highest BCUT2D eigenvalue weighted by atomic mass is 16.5. The molecule has 12 heavy (non-hydrogen) atoms. The lowest BCUT2D eigenvalue weighted by atomic mass is 10.1. The van der Waals surface area contributed by atoms with Crippen LogP contribution in [0.15, 0.2) is 42.5 Å². The van der Waals surface area contributed by atoms with Crippen molar-refractivity contribution in [1.29, 1.82) is 0 Å². The lowest BCUT2D eigenvalue weighted by molar-refractivity contribution is 0.115. The number of rotatable bonds is 1. The molecular weight excluding hydrogens is 148 g/mol. The van der Waals surface area contributed by atoms with Crippen LogP contribution in [0.25, 0.3) is 0 Å². The fourth-order valence-electron chi connectivity index (χ4n) is 1.48. The van der Waals surface area contributed by atoms with Crippen molar-refractivity contribution in [2.45, 2.75) is 12.5 Å². The van der Waals surface area contributed by atoms with E-state index in [1.807, 2.05) is 18.2 Å². The first-order chi connectivity index (χ1) is 5.86. The van der Waals surface area contributed by atoms with E-state index in [0.717, 1.165) is 13.0 Å². The van der Waals surface area contributed by atoms with Crippen LogP contribution in [0.4, 0.5) is 0 Å². The molecular formula is C11H12O. The van der Waals surface area contributed by atoms with Gasteiger partial charge in [0.2, 0.25) is 0 Å². The van der Waals surface area contributed by atoms with E-state index < -0.39 is 0 Å². The fourth-order valence-corrected chi connectivity index (χ4v) is 1.48. The molecule has 1 fully saturated rings. The Morgan fingerprint density at radius 1 is 1.25 bits per heavy atom. The zero-order chi connectivity index (χ0) is 8.39. The van der Waals surface area contributed by atoms with Gasteiger partial charge in [-0.15, -0.1) is 0 Å². The van der Waals surface area contributed by atoms with Gasteiger partial charge >= 0.3 is 0 Å². The van der Waals surface area contributed by atoms with Crippen molar-refractivity contribution < 1.29 is 4.74 Å². The molecule has 0 spiro atoms. The van der Waals surface area contributed by atoms with Gasteiger partial charge in [-0.3, -0.25) is 0 Å². The minimum absolute atomic E-state index is 0.249. The second kappa shape index (κ2) is 3.11. The zero-order valence-corrected chi connectivity index (χ0v) is 6.99. The molecule has 1 heterocycles. The molecule has 1 saturated heterocycles. The van der Waals surface area contributed by atoms with Crippen molar-refractivity contribution in [3.8, 4) is 0 Å².